The topological polar surface area (TPSA) is 148 Å². The molecule has 3 rings (SSSR count). The summed E-state index contributed by atoms with van der Waals surface area (Å²) in [7, 11) is 0. The standard InChI is InChI=1S/C17H17N5O6/c1-10-8-13(20-28-10)18-14(23)6-7-21-15(24)17(2,19-16(21)25)11-4-3-5-12(9-11)22(26)27/h3-5,8-9H,6-7H2,1-2H3,(H,19,25)(H,18,20,23). The number of nitrogens with zero attached hydrogens (tertiary/aromatic N) is 3. The molecule has 1 aromatic carbocycles. The van der Waals surface area contributed by atoms with Gasteiger partial charge in [-0.3, -0.25) is 24.6 Å². The van der Waals surface area contributed by atoms with E-state index < -0.39 is 28.3 Å². The molecule has 0 aliphatic carbocycles. The Morgan fingerprint density at radius 2 is 2.14 bits per heavy atom. The van der Waals surface area contributed by atoms with Gasteiger partial charge in [0.1, 0.15) is 11.3 Å². The van der Waals surface area contributed by atoms with Crippen molar-refractivity contribution >= 4 is 29.4 Å². The van der Waals surface area contributed by atoms with Crippen molar-refractivity contribution < 1.29 is 23.8 Å². The lowest BCUT2D eigenvalue weighted by Crippen LogP contribution is -2.41. The first-order valence-corrected chi connectivity index (χ1v) is 8.33. The minimum Gasteiger partial charge on any atom is -0.360 e. The van der Waals surface area contributed by atoms with Gasteiger partial charge in [0.05, 0.1) is 4.92 Å². The van der Waals surface area contributed by atoms with Crippen molar-refractivity contribution in [3.63, 3.8) is 0 Å². The van der Waals surface area contributed by atoms with E-state index in [-0.39, 0.29) is 30.0 Å². The third-order valence-electron chi connectivity index (χ3n) is 4.37. The van der Waals surface area contributed by atoms with Crippen LogP contribution in [0.25, 0.3) is 0 Å². The number of rotatable bonds is 6. The molecule has 28 heavy (non-hydrogen) atoms. The van der Waals surface area contributed by atoms with Crippen molar-refractivity contribution in [1.82, 2.24) is 15.4 Å². The number of aromatic nitrogens is 1. The number of nitro benzene ring substituents is 1. The van der Waals surface area contributed by atoms with E-state index in [2.05, 4.69) is 15.8 Å². The molecule has 0 bridgehead atoms. The molecule has 0 spiro atoms. The average Bonchev–Trinajstić information content (AvgIpc) is 3.15. The molecule has 1 aliphatic rings. The Balaban J connectivity index is 1.70. The molecule has 1 unspecified atom stereocenters. The summed E-state index contributed by atoms with van der Waals surface area (Å²) >= 11 is 0. The molecule has 1 fully saturated rings. The molecule has 1 aliphatic heterocycles. The molecule has 0 saturated carbocycles. The molecule has 0 radical (unpaired) electrons. The molecule has 146 valence electrons. The highest BCUT2D eigenvalue weighted by molar-refractivity contribution is 6.07. The molecule has 1 saturated heterocycles. The summed E-state index contributed by atoms with van der Waals surface area (Å²) in [5, 5.41) is 19.7. The zero-order chi connectivity index (χ0) is 20.5. The molecule has 2 heterocycles. The second-order valence-electron chi connectivity index (χ2n) is 6.44. The van der Waals surface area contributed by atoms with Gasteiger partial charge in [-0.05, 0) is 19.4 Å². The number of non-ortho nitro benzene ring substituents is 1. The summed E-state index contributed by atoms with van der Waals surface area (Å²) in [5.74, 6) is -0.279. The van der Waals surface area contributed by atoms with Gasteiger partial charge in [-0.1, -0.05) is 17.3 Å². The van der Waals surface area contributed by atoms with Gasteiger partial charge >= 0.3 is 6.03 Å². The first-order chi connectivity index (χ1) is 13.2. The van der Waals surface area contributed by atoms with Crippen LogP contribution in [-0.4, -0.2) is 39.4 Å². The molecular weight excluding hydrogens is 370 g/mol. The Bertz CT molecular complexity index is 970. The fourth-order valence-electron chi connectivity index (χ4n) is 2.87. The number of nitrogens with one attached hydrogen (secondary N) is 2. The van der Waals surface area contributed by atoms with E-state index in [1.54, 1.807) is 6.92 Å². The lowest BCUT2D eigenvalue weighted by atomic mass is 9.91. The Labute approximate surface area is 158 Å². The van der Waals surface area contributed by atoms with Gasteiger partial charge in [0.25, 0.3) is 11.6 Å². The Hall–Kier alpha value is -3.76. The zero-order valence-corrected chi connectivity index (χ0v) is 15.1. The van der Waals surface area contributed by atoms with Crippen LogP contribution in [0.1, 0.15) is 24.7 Å². The van der Waals surface area contributed by atoms with Gasteiger partial charge in [0, 0.05) is 31.2 Å². The van der Waals surface area contributed by atoms with Crippen molar-refractivity contribution in [1.29, 1.82) is 0 Å². The number of carbonyl (C=O) groups is 3. The maximum Gasteiger partial charge on any atom is 0.325 e. The van der Waals surface area contributed by atoms with E-state index >= 15 is 0 Å². The maximum atomic E-state index is 12.8. The summed E-state index contributed by atoms with van der Waals surface area (Å²) in [6.45, 7) is 2.98. The normalized spacial score (nSPS) is 18.9. The quantitative estimate of drug-likeness (QED) is 0.435. The van der Waals surface area contributed by atoms with Crippen molar-refractivity contribution in [3.05, 3.63) is 51.8 Å². The van der Waals surface area contributed by atoms with E-state index in [0.717, 1.165) is 4.90 Å². The molecular formula is C17H17N5O6. The molecule has 2 N–H and O–H groups in total. The fraction of sp³-hybridized carbons (Fsp3) is 0.294. The Morgan fingerprint density at radius 1 is 1.39 bits per heavy atom. The van der Waals surface area contributed by atoms with Crippen molar-refractivity contribution in [2.24, 2.45) is 0 Å². The van der Waals surface area contributed by atoms with Gasteiger partial charge < -0.3 is 15.2 Å². The predicted molar refractivity (Wildman–Crippen MR) is 95.2 cm³/mol. The van der Waals surface area contributed by atoms with Gasteiger partial charge in [-0.15, -0.1) is 0 Å². The van der Waals surface area contributed by atoms with Crippen molar-refractivity contribution in [3.8, 4) is 0 Å². The van der Waals surface area contributed by atoms with Crippen LogP contribution in [0.2, 0.25) is 0 Å². The number of nitro groups is 1. The first kappa shape index (κ1) is 19.0. The SMILES string of the molecule is Cc1cc(NC(=O)CCN2C(=O)NC(C)(c3cccc([N+](=O)[O-])c3)C2=O)no1. The first-order valence-electron chi connectivity index (χ1n) is 8.33. The highest BCUT2D eigenvalue weighted by atomic mass is 16.6. The van der Waals surface area contributed by atoms with Crippen molar-refractivity contribution in [2.45, 2.75) is 25.8 Å². The highest BCUT2D eigenvalue weighted by Gasteiger charge is 2.49. The zero-order valence-electron chi connectivity index (χ0n) is 15.1. The summed E-state index contributed by atoms with van der Waals surface area (Å²) in [6.07, 6.45) is -0.143. The molecule has 4 amide bonds. The van der Waals surface area contributed by atoms with Crippen LogP contribution < -0.4 is 10.6 Å². The number of hydrogen-bond donors (Lipinski definition) is 2. The Morgan fingerprint density at radius 3 is 2.79 bits per heavy atom. The fourth-order valence-corrected chi connectivity index (χ4v) is 2.87. The van der Waals surface area contributed by atoms with Crippen LogP contribution in [0, 0.1) is 17.0 Å². The van der Waals surface area contributed by atoms with Crippen LogP contribution in [0.15, 0.2) is 34.9 Å². The summed E-state index contributed by atoms with van der Waals surface area (Å²) < 4.78 is 4.84. The molecule has 1 atom stereocenters. The van der Waals surface area contributed by atoms with Crippen LogP contribution in [0.5, 0.6) is 0 Å². The molecule has 11 heteroatoms. The minimum absolute atomic E-state index is 0.143. The molecule has 2 aromatic rings. The summed E-state index contributed by atoms with van der Waals surface area (Å²) in [5.41, 5.74) is -1.37. The van der Waals surface area contributed by atoms with Gasteiger partial charge in [0.15, 0.2) is 5.82 Å². The predicted octanol–water partition coefficient (Wildman–Crippen LogP) is 1.69. The second kappa shape index (κ2) is 7.10. The smallest absolute Gasteiger partial charge is 0.325 e. The van der Waals surface area contributed by atoms with E-state index in [0.29, 0.717) is 5.76 Å². The van der Waals surface area contributed by atoms with E-state index in [4.69, 9.17) is 4.52 Å². The van der Waals surface area contributed by atoms with Gasteiger partial charge in [0.2, 0.25) is 5.91 Å². The molecule has 11 nitrogen and oxygen atoms in total. The molecule has 1 aromatic heterocycles. The van der Waals surface area contributed by atoms with Crippen LogP contribution in [0.3, 0.4) is 0 Å². The summed E-state index contributed by atoms with van der Waals surface area (Å²) in [6, 6.07) is 6.35. The van der Waals surface area contributed by atoms with Crippen molar-refractivity contribution in [2.75, 3.05) is 11.9 Å². The second-order valence-corrected chi connectivity index (χ2v) is 6.44. The van der Waals surface area contributed by atoms with Crippen LogP contribution >= 0.6 is 0 Å². The monoisotopic (exact) mass is 387 g/mol. The third-order valence-corrected chi connectivity index (χ3v) is 4.37. The number of carbonyl (C=O) groups excluding carboxylic acids is 3. The minimum atomic E-state index is -1.46. The highest BCUT2D eigenvalue weighted by Crippen LogP contribution is 2.30. The lowest BCUT2D eigenvalue weighted by Gasteiger charge is -2.22. The van der Waals surface area contributed by atoms with E-state index in [1.165, 1.54) is 37.3 Å². The number of imide groups is 1. The average molecular weight is 387 g/mol. The largest absolute Gasteiger partial charge is 0.360 e. The third kappa shape index (κ3) is 3.54. The summed E-state index contributed by atoms with van der Waals surface area (Å²) in [4.78, 5) is 48.4. The number of aryl methyl sites for hydroxylation is 1. The van der Waals surface area contributed by atoms with Gasteiger partial charge in [-0.2, -0.15) is 0 Å². The number of hydrogen-bond acceptors (Lipinski definition) is 7. The van der Waals surface area contributed by atoms with E-state index in [1.807, 2.05) is 0 Å². The van der Waals surface area contributed by atoms with Gasteiger partial charge in [-0.25, -0.2) is 4.79 Å². The van der Waals surface area contributed by atoms with E-state index in [9.17, 15) is 24.5 Å². The number of benzene rings is 1. The number of amides is 4. The lowest BCUT2D eigenvalue weighted by molar-refractivity contribution is -0.385. The number of anilines is 1. The van der Waals surface area contributed by atoms with Crippen LogP contribution in [-0.2, 0) is 15.1 Å². The maximum absolute atomic E-state index is 12.8. The number of urea groups is 1. The van der Waals surface area contributed by atoms with Crippen LogP contribution in [0.4, 0.5) is 16.3 Å². The Kier molecular flexibility index (Phi) is 4.82.